The van der Waals surface area contributed by atoms with Gasteiger partial charge in [0.1, 0.15) is 18.5 Å². The molecular formula is C37H42NO+. The van der Waals surface area contributed by atoms with Gasteiger partial charge < -0.3 is 4.74 Å². The molecule has 0 aliphatic carbocycles. The molecule has 0 N–H and O–H groups in total. The Kier molecular flexibility index (Phi) is 6.02. The average molecular weight is 517 g/mol. The lowest BCUT2D eigenvalue weighted by molar-refractivity contribution is -0.659. The fourth-order valence-corrected chi connectivity index (χ4v) is 6.78. The Morgan fingerprint density at radius 3 is 2.26 bits per heavy atom. The molecule has 4 aromatic carbocycles. The van der Waals surface area contributed by atoms with E-state index < -0.39 is 0 Å². The maximum atomic E-state index is 7.04. The van der Waals surface area contributed by atoms with Crippen molar-refractivity contribution in [2.45, 2.75) is 73.6 Å². The molecule has 0 atom stereocenters. The van der Waals surface area contributed by atoms with E-state index in [9.17, 15) is 0 Å². The Morgan fingerprint density at radius 2 is 1.56 bits per heavy atom. The molecule has 1 aliphatic rings. The fourth-order valence-electron chi connectivity index (χ4n) is 6.78. The van der Waals surface area contributed by atoms with Gasteiger partial charge in [-0.15, -0.1) is 0 Å². The van der Waals surface area contributed by atoms with Crippen LogP contribution in [0.2, 0.25) is 0 Å². The zero-order valence-corrected chi connectivity index (χ0v) is 25.1. The van der Waals surface area contributed by atoms with E-state index in [1.807, 2.05) is 0 Å². The second-order valence-electron chi connectivity index (χ2n) is 13.6. The monoisotopic (exact) mass is 516 g/mol. The zero-order chi connectivity index (χ0) is 27.8. The predicted molar refractivity (Wildman–Crippen MR) is 166 cm³/mol. The Morgan fingerprint density at radius 1 is 0.821 bits per heavy atom. The van der Waals surface area contributed by atoms with Crippen molar-refractivity contribution in [3.05, 3.63) is 77.0 Å². The van der Waals surface area contributed by atoms with Crippen LogP contribution in [0.4, 0.5) is 0 Å². The molecule has 0 saturated heterocycles. The van der Waals surface area contributed by atoms with Gasteiger partial charge in [0.2, 0.25) is 5.69 Å². The minimum atomic E-state index is 0.0401. The van der Waals surface area contributed by atoms with Crippen LogP contribution in [0.25, 0.3) is 43.6 Å². The molecule has 5 aromatic rings. The summed E-state index contributed by atoms with van der Waals surface area (Å²) in [6.45, 7) is 18.5. The molecule has 0 bridgehead atoms. The van der Waals surface area contributed by atoms with Crippen molar-refractivity contribution in [2.75, 3.05) is 0 Å². The maximum absolute atomic E-state index is 7.04. The molecule has 39 heavy (non-hydrogen) atoms. The van der Waals surface area contributed by atoms with Crippen LogP contribution in [0.15, 0.2) is 54.7 Å². The summed E-state index contributed by atoms with van der Waals surface area (Å²) in [5.74, 6) is 3.17. The van der Waals surface area contributed by atoms with Gasteiger partial charge in [-0.3, -0.25) is 0 Å². The second kappa shape index (κ2) is 9.08. The first kappa shape index (κ1) is 25.9. The van der Waals surface area contributed by atoms with Crippen LogP contribution in [-0.2, 0) is 25.3 Å². The number of rotatable bonds is 4. The Balaban J connectivity index is 1.77. The first-order chi connectivity index (χ1) is 18.5. The smallest absolute Gasteiger partial charge is 0.228 e. The summed E-state index contributed by atoms with van der Waals surface area (Å²) in [5.41, 5.74) is 8.01. The molecule has 0 saturated carbocycles. The third kappa shape index (κ3) is 4.11. The van der Waals surface area contributed by atoms with Gasteiger partial charge in [0, 0.05) is 17.0 Å². The second-order valence-corrected chi connectivity index (χ2v) is 13.6. The van der Waals surface area contributed by atoms with Crippen LogP contribution in [0, 0.1) is 18.8 Å². The highest BCUT2D eigenvalue weighted by Crippen LogP contribution is 2.53. The van der Waals surface area contributed by atoms with Crippen molar-refractivity contribution in [3.63, 3.8) is 0 Å². The summed E-state index contributed by atoms with van der Waals surface area (Å²) >= 11 is 0. The van der Waals surface area contributed by atoms with Crippen molar-refractivity contribution >= 4 is 32.3 Å². The normalized spacial score (nSPS) is 13.1. The van der Waals surface area contributed by atoms with Gasteiger partial charge in [-0.05, 0) is 81.3 Å². The van der Waals surface area contributed by atoms with Crippen molar-refractivity contribution in [1.29, 1.82) is 0 Å². The molecule has 2 heteroatoms. The molecule has 2 heterocycles. The van der Waals surface area contributed by atoms with Crippen LogP contribution < -0.4 is 9.30 Å². The van der Waals surface area contributed by atoms with Crippen LogP contribution in [0.5, 0.6) is 11.5 Å². The SMILES string of the molecule is Cc1c2c(c(CC(C)C)c3ccc(CC(C)C)cc13)Oc1cc3cccc(C(C)(C)C)c3c3cc[n+](C)c-2c13. The number of nitrogens with zero attached hydrogens (tertiary/aromatic N) is 1. The molecule has 0 amide bonds. The number of benzene rings is 4. The predicted octanol–water partition coefficient (Wildman–Crippen LogP) is 9.75. The summed E-state index contributed by atoms with van der Waals surface area (Å²) in [6.07, 6.45) is 4.33. The van der Waals surface area contributed by atoms with E-state index in [1.165, 1.54) is 65.8 Å². The zero-order valence-electron chi connectivity index (χ0n) is 25.1. The Bertz CT molecular complexity index is 1780. The van der Waals surface area contributed by atoms with Crippen LogP contribution >= 0.6 is 0 Å². The Hall–Kier alpha value is -3.39. The Labute approximate surface area is 233 Å². The van der Waals surface area contributed by atoms with Gasteiger partial charge in [-0.25, -0.2) is 4.57 Å². The number of fused-ring (bicyclic) bond motifs is 5. The van der Waals surface area contributed by atoms with Gasteiger partial charge >= 0.3 is 0 Å². The summed E-state index contributed by atoms with van der Waals surface area (Å²) < 4.78 is 9.35. The third-order valence-electron chi connectivity index (χ3n) is 8.43. The first-order valence-electron chi connectivity index (χ1n) is 14.6. The molecule has 200 valence electrons. The standard InChI is InChI=1S/C37H42NO/c1-21(2)17-24-13-14-26-28(19-24)23(5)32-35-34-27(15-16-38(35)9)33-25(11-10-12-30(33)37(6,7)8)20-31(34)39-36(32)29(26)18-22(3)4/h10-16,19-22H,17-18H2,1-9H3/q+1. The third-order valence-corrected chi connectivity index (χ3v) is 8.43. The molecular weight excluding hydrogens is 474 g/mol. The lowest BCUT2D eigenvalue weighted by atomic mass is 9.81. The number of ether oxygens (including phenoxy) is 1. The molecule has 0 radical (unpaired) electrons. The molecule has 1 aliphatic heterocycles. The van der Waals surface area contributed by atoms with Gasteiger partial charge in [0.05, 0.1) is 10.9 Å². The van der Waals surface area contributed by atoms with E-state index in [1.54, 1.807) is 0 Å². The summed E-state index contributed by atoms with van der Waals surface area (Å²) in [6, 6.07) is 18.4. The molecule has 6 rings (SSSR count). The van der Waals surface area contributed by atoms with E-state index in [-0.39, 0.29) is 5.41 Å². The van der Waals surface area contributed by atoms with Gasteiger partial charge in [-0.2, -0.15) is 0 Å². The summed E-state index contributed by atoms with van der Waals surface area (Å²) in [5, 5.41) is 7.80. The topological polar surface area (TPSA) is 13.1 Å². The number of aryl methyl sites for hydroxylation is 2. The molecule has 0 fully saturated rings. The minimum Gasteiger partial charge on any atom is -0.455 e. The van der Waals surface area contributed by atoms with E-state index in [0.717, 1.165) is 24.3 Å². The van der Waals surface area contributed by atoms with E-state index in [4.69, 9.17) is 4.74 Å². The number of hydrogen-bond acceptors (Lipinski definition) is 1. The average Bonchev–Trinajstić information content (AvgIpc) is 2.86. The van der Waals surface area contributed by atoms with Gasteiger partial charge in [0.15, 0.2) is 6.20 Å². The highest BCUT2D eigenvalue weighted by atomic mass is 16.5. The van der Waals surface area contributed by atoms with Crippen LogP contribution in [0.1, 0.15) is 70.7 Å². The summed E-state index contributed by atoms with van der Waals surface area (Å²) in [7, 11) is 2.19. The van der Waals surface area contributed by atoms with Crippen molar-refractivity contribution in [1.82, 2.24) is 0 Å². The molecule has 2 nitrogen and oxygen atoms in total. The molecule has 1 aromatic heterocycles. The summed E-state index contributed by atoms with van der Waals surface area (Å²) in [4.78, 5) is 0. The number of aromatic nitrogens is 1. The number of pyridine rings is 1. The molecule has 0 unspecified atom stereocenters. The number of hydrogen-bond donors (Lipinski definition) is 0. The highest BCUT2D eigenvalue weighted by molar-refractivity contribution is 6.17. The highest BCUT2D eigenvalue weighted by Gasteiger charge is 2.34. The molecule has 0 spiro atoms. The van der Waals surface area contributed by atoms with E-state index in [2.05, 4.69) is 122 Å². The fraction of sp³-hybridized carbons (Fsp3) is 0.378. The van der Waals surface area contributed by atoms with Gasteiger partial charge in [-0.1, -0.05) is 84.9 Å². The van der Waals surface area contributed by atoms with Crippen molar-refractivity contribution < 1.29 is 9.30 Å². The van der Waals surface area contributed by atoms with Gasteiger partial charge in [0.25, 0.3) is 0 Å². The largest absolute Gasteiger partial charge is 0.455 e. The van der Waals surface area contributed by atoms with Crippen molar-refractivity contribution in [2.24, 2.45) is 18.9 Å². The van der Waals surface area contributed by atoms with Crippen molar-refractivity contribution in [3.8, 4) is 22.8 Å². The first-order valence-corrected chi connectivity index (χ1v) is 14.6. The maximum Gasteiger partial charge on any atom is 0.228 e. The quantitative estimate of drug-likeness (QED) is 0.168. The minimum absolute atomic E-state index is 0.0401. The van der Waals surface area contributed by atoms with Crippen LogP contribution in [0.3, 0.4) is 0 Å². The lowest BCUT2D eigenvalue weighted by Crippen LogP contribution is -2.32. The van der Waals surface area contributed by atoms with Crippen LogP contribution in [-0.4, -0.2) is 0 Å². The van der Waals surface area contributed by atoms with E-state index >= 15 is 0 Å². The van der Waals surface area contributed by atoms with E-state index in [0.29, 0.717) is 11.8 Å². The lowest BCUT2D eigenvalue weighted by Gasteiger charge is -2.28.